The van der Waals surface area contributed by atoms with Crippen molar-refractivity contribution in [2.24, 2.45) is 0 Å². The number of hydrogen-bond acceptors (Lipinski definition) is 7. The van der Waals surface area contributed by atoms with Gasteiger partial charge in [-0.15, -0.1) is 0 Å². The summed E-state index contributed by atoms with van der Waals surface area (Å²) in [6, 6.07) is 30.6. The number of hydrogen-bond donors (Lipinski definition) is 0. The van der Waals surface area contributed by atoms with Crippen LogP contribution < -0.4 is 0 Å². The van der Waals surface area contributed by atoms with E-state index >= 15 is 0 Å². The average molecular weight is 786 g/mol. The zero-order chi connectivity index (χ0) is 38.2. The third-order valence-corrected chi connectivity index (χ3v) is 13.7. The molecule has 10 heteroatoms. The Kier molecular flexibility index (Phi) is 10.7. The number of unbranched alkanes of at least 4 members (excludes halogenated alkanes) is 5. The Morgan fingerprint density at radius 3 is 2.07 bits per heavy atom. The fourth-order valence-corrected chi connectivity index (χ4v) is 10.6. The number of nitrogens with zero attached hydrogens (tertiary/aromatic N) is 3. The van der Waals surface area contributed by atoms with Gasteiger partial charge in [0.1, 0.15) is 14.3 Å². The topological polar surface area (TPSA) is 71.3 Å². The van der Waals surface area contributed by atoms with Gasteiger partial charge in [0.05, 0.1) is 21.8 Å². The van der Waals surface area contributed by atoms with Crippen LogP contribution in [0.5, 0.6) is 0 Å². The lowest BCUT2D eigenvalue weighted by Crippen LogP contribution is -2.33. The summed E-state index contributed by atoms with van der Waals surface area (Å²) in [5.41, 5.74) is 11.3. The van der Waals surface area contributed by atoms with E-state index in [-0.39, 0.29) is 18.5 Å². The molecule has 8 rings (SSSR count). The fraction of sp³-hybridized carbons (Fsp3) is 0.289. The second-order valence-electron chi connectivity index (χ2n) is 14.6. The molecule has 0 radical (unpaired) electrons. The first-order valence-electron chi connectivity index (χ1n) is 19.0. The van der Waals surface area contributed by atoms with Crippen LogP contribution in [0.3, 0.4) is 0 Å². The zero-order valence-electron chi connectivity index (χ0n) is 31.3. The van der Waals surface area contributed by atoms with Crippen LogP contribution in [0.4, 0.5) is 0 Å². The molecule has 2 fully saturated rings. The maximum absolute atomic E-state index is 14.2. The minimum Gasteiger partial charge on any atom is -0.446 e. The molecular weight excluding hydrogens is 743 g/mol. The summed E-state index contributed by atoms with van der Waals surface area (Å²) in [7, 11) is 0. The molecule has 280 valence electrons. The molecule has 55 heavy (non-hydrogen) atoms. The normalized spacial score (nSPS) is 17.6. The molecular formula is C45H43N3O4S3. The molecule has 3 aromatic carbocycles. The number of pyridine rings is 2. The van der Waals surface area contributed by atoms with Crippen molar-refractivity contribution in [2.45, 2.75) is 71.0 Å². The summed E-state index contributed by atoms with van der Waals surface area (Å²) in [6.45, 7) is 7.02. The van der Waals surface area contributed by atoms with Gasteiger partial charge in [-0.05, 0) is 73.0 Å². The molecule has 0 N–H and O–H groups in total. The van der Waals surface area contributed by atoms with E-state index in [1.54, 1.807) is 4.90 Å². The molecule has 2 aliphatic heterocycles. The maximum atomic E-state index is 14.2. The summed E-state index contributed by atoms with van der Waals surface area (Å²) in [6.07, 6.45) is 7.06. The highest BCUT2D eigenvalue weighted by Gasteiger charge is 2.44. The highest BCUT2D eigenvalue weighted by atomic mass is 32.2. The Morgan fingerprint density at radius 1 is 0.782 bits per heavy atom. The quantitative estimate of drug-likeness (QED) is 0.0471. The number of thiocarbonyl (C=S) groups is 1. The second kappa shape index (κ2) is 15.8. The van der Waals surface area contributed by atoms with E-state index in [4.69, 9.17) is 17.0 Å². The number of benzene rings is 3. The van der Waals surface area contributed by atoms with Crippen LogP contribution in [0.15, 0.2) is 94.9 Å². The summed E-state index contributed by atoms with van der Waals surface area (Å²) in [5.74, 6) is -0.385. The lowest BCUT2D eigenvalue weighted by atomic mass is 9.94. The number of aryl methyl sites for hydroxylation is 2. The van der Waals surface area contributed by atoms with Crippen LogP contribution >= 0.6 is 35.7 Å². The molecule has 6 aromatic rings. The minimum atomic E-state index is -0.536. The number of amides is 2. The summed E-state index contributed by atoms with van der Waals surface area (Å²) in [4.78, 5) is 42.9. The van der Waals surface area contributed by atoms with Crippen molar-refractivity contribution < 1.29 is 19.1 Å². The first-order chi connectivity index (χ1) is 26.8. The molecule has 5 heterocycles. The van der Waals surface area contributed by atoms with Crippen LogP contribution in [0.1, 0.15) is 62.1 Å². The van der Waals surface area contributed by atoms with Gasteiger partial charge in [-0.2, -0.15) is 0 Å². The van der Waals surface area contributed by atoms with Crippen LogP contribution in [0.2, 0.25) is 0 Å². The van der Waals surface area contributed by atoms with E-state index in [1.165, 1.54) is 58.8 Å². The number of ether oxygens (including phenoxy) is 1. The third-order valence-electron chi connectivity index (χ3n) is 10.8. The molecule has 0 saturated carbocycles. The zero-order valence-corrected chi connectivity index (χ0v) is 33.8. The Balaban J connectivity index is 1.18. The third kappa shape index (κ3) is 7.04. The van der Waals surface area contributed by atoms with E-state index in [9.17, 15) is 14.4 Å². The van der Waals surface area contributed by atoms with Crippen molar-refractivity contribution >= 4 is 85.7 Å². The van der Waals surface area contributed by atoms with E-state index < -0.39 is 5.25 Å². The van der Waals surface area contributed by atoms with E-state index in [0.717, 1.165) is 74.4 Å². The molecule has 2 saturated heterocycles. The highest BCUT2D eigenvalue weighted by molar-refractivity contribution is 8.27. The minimum absolute atomic E-state index is 0.186. The average Bonchev–Trinajstić information content (AvgIpc) is 3.85. The van der Waals surface area contributed by atoms with Crippen LogP contribution in [-0.4, -0.2) is 55.3 Å². The highest BCUT2D eigenvalue weighted by Crippen LogP contribution is 2.47. The van der Waals surface area contributed by atoms with Crippen molar-refractivity contribution in [1.82, 2.24) is 14.2 Å². The van der Waals surface area contributed by atoms with Gasteiger partial charge < -0.3 is 9.14 Å². The molecule has 7 nitrogen and oxygen atoms in total. The lowest BCUT2D eigenvalue weighted by molar-refractivity contribution is -0.139. The monoisotopic (exact) mass is 785 g/mol. The van der Waals surface area contributed by atoms with Gasteiger partial charge in [-0.3, -0.25) is 24.2 Å². The number of rotatable bonds is 14. The van der Waals surface area contributed by atoms with Crippen LogP contribution in [-0.2, 0) is 25.5 Å². The van der Waals surface area contributed by atoms with Crippen molar-refractivity contribution in [3.63, 3.8) is 0 Å². The van der Waals surface area contributed by atoms with Crippen molar-refractivity contribution in [3.05, 3.63) is 112 Å². The first-order valence-corrected chi connectivity index (χ1v) is 21.1. The SMILES string of the molecule is CCCCCCCCN1C(=O)/C(=C2\SC(Cc3ccc4cc(-c5ccc(C)cc5)c5ccc6c(-c7ccc(C)cc7)cc3c4n56)C(=O)N2COC=O)SC1=S. The number of aromatic nitrogens is 1. The van der Waals surface area contributed by atoms with Crippen LogP contribution in [0, 0.1) is 13.8 Å². The number of carbonyl (C=O) groups excluding carboxylic acids is 3. The van der Waals surface area contributed by atoms with Crippen LogP contribution in [0.25, 0.3) is 49.6 Å². The summed E-state index contributed by atoms with van der Waals surface area (Å²) >= 11 is 8.28. The van der Waals surface area contributed by atoms with Gasteiger partial charge in [0.2, 0.25) is 5.91 Å². The molecule has 0 spiro atoms. The van der Waals surface area contributed by atoms with Gasteiger partial charge in [0.15, 0.2) is 6.73 Å². The number of carbonyl (C=O) groups is 3. The van der Waals surface area contributed by atoms with Gasteiger partial charge in [0, 0.05) is 23.1 Å². The van der Waals surface area contributed by atoms with Gasteiger partial charge >= 0.3 is 0 Å². The fourth-order valence-electron chi connectivity index (χ4n) is 7.87. The largest absolute Gasteiger partial charge is 0.446 e. The molecule has 0 aliphatic carbocycles. The molecule has 3 aromatic heterocycles. The smallest absolute Gasteiger partial charge is 0.294 e. The maximum Gasteiger partial charge on any atom is 0.294 e. The van der Waals surface area contributed by atoms with Crippen molar-refractivity contribution in [2.75, 3.05) is 13.3 Å². The predicted octanol–water partition coefficient (Wildman–Crippen LogP) is 10.6. The van der Waals surface area contributed by atoms with Crippen molar-refractivity contribution in [1.29, 1.82) is 0 Å². The Hall–Kier alpha value is -4.64. The number of thioether (sulfide) groups is 2. The standard InChI is InChI=1S/C45H43N3O4S3/c1-4-5-6-7-8-9-22-46-43(51)41(55-45(46)53)44-47(26-52-27-49)42(50)39(54-44)24-32-18-19-33-23-34(30-14-10-28(2)11-15-30)37-20-21-38-35(25-36(32)40(33)48(37)38)31-16-12-29(3)13-17-31/h10-21,23,25,27,39H,4-9,22,24,26H2,1-3H3/b44-41+. The Bertz CT molecular complexity index is 2460. The lowest BCUT2D eigenvalue weighted by Gasteiger charge is -2.19. The molecule has 2 amide bonds. The second-order valence-corrected chi connectivity index (χ2v) is 17.4. The Labute approximate surface area is 335 Å². The van der Waals surface area contributed by atoms with E-state index in [1.807, 2.05) is 0 Å². The summed E-state index contributed by atoms with van der Waals surface area (Å²) < 4.78 is 8.03. The summed E-state index contributed by atoms with van der Waals surface area (Å²) in [5, 5.41) is 2.15. The van der Waals surface area contributed by atoms with Gasteiger partial charge in [-0.1, -0.05) is 147 Å². The van der Waals surface area contributed by atoms with Gasteiger partial charge in [0.25, 0.3) is 12.4 Å². The van der Waals surface area contributed by atoms with Crippen molar-refractivity contribution in [3.8, 4) is 22.3 Å². The van der Waals surface area contributed by atoms with E-state index in [0.29, 0.717) is 33.7 Å². The molecule has 0 bridgehead atoms. The van der Waals surface area contributed by atoms with Gasteiger partial charge in [-0.25, -0.2) is 0 Å². The first kappa shape index (κ1) is 37.3. The molecule has 1 unspecified atom stereocenters. The Morgan fingerprint density at radius 2 is 1.42 bits per heavy atom. The molecule has 2 aliphatic rings. The molecule has 1 atom stereocenters. The predicted molar refractivity (Wildman–Crippen MR) is 230 cm³/mol. The van der Waals surface area contributed by atoms with E-state index in [2.05, 4.69) is 110 Å².